The van der Waals surface area contributed by atoms with Crippen LogP contribution in [0.4, 0.5) is 74.6 Å². The van der Waals surface area contributed by atoms with Gasteiger partial charge in [0.25, 0.3) is 5.91 Å². The number of hydroxylamine groups is 1. The molecule has 1 aromatic carbocycles. The molecule has 57 heavy (non-hydrogen) atoms. The zero-order valence-corrected chi connectivity index (χ0v) is 32.0. The molecule has 1 rings (SSSR count). The van der Waals surface area contributed by atoms with Gasteiger partial charge in [0.2, 0.25) is 0 Å². The lowest BCUT2D eigenvalue weighted by atomic mass is 9.88. The Hall–Kier alpha value is -2.86. The van der Waals surface area contributed by atoms with Crippen molar-refractivity contribution in [2.75, 3.05) is 13.2 Å². The van der Waals surface area contributed by atoms with Crippen LogP contribution in [-0.2, 0) is 9.22 Å². The minimum Gasteiger partial charge on any atom is -0.491 e. The molecule has 0 heterocycles. The molecule has 1 aromatic rings. The third kappa shape index (κ3) is 10.1. The van der Waals surface area contributed by atoms with Gasteiger partial charge in [-0.2, -0.15) is 74.6 Å². The van der Waals surface area contributed by atoms with E-state index < -0.39 is 98.1 Å². The number of carbonyl (C=O) groups excluding carboxylic acids is 1. The number of benzene rings is 1. The van der Waals surface area contributed by atoms with Gasteiger partial charge in [0.1, 0.15) is 12.4 Å². The van der Waals surface area contributed by atoms with Crippen LogP contribution in [0.15, 0.2) is 35.9 Å². The summed E-state index contributed by atoms with van der Waals surface area (Å²) in [6.45, 7) is 7.63. The van der Waals surface area contributed by atoms with E-state index in [0.29, 0.717) is 18.4 Å². The number of allylic oxidation sites excluding steroid dienone is 1. The fourth-order valence-electron chi connectivity index (χ4n) is 5.74. The monoisotopic (exact) mass is 883 g/mol. The minimum atomic E-state index is -8.68. The van der Waals surface area contributed by atoms with Crippen molar-refractivity contribution in [2.24, 2.45) is 5.92 Å². The Morgan fingerprint density at radius 2 is 1.16 bits per heavy atom. The van der Waals surface area contributed by atoms with Crippen LogP contribution in [0.5, 0.6) is 5.75 Å². The number of aliphatic hydroxyl groups is 1. The summed E-state index contributed by atoms with van der Waals surface area (Å²) in [5, 5.41) is 19.3. The molecule has 0 radical (unpaired) electrons. The van der Waals surface area contributed by atoms with Crippen molar-refractivity contribution in [3.8, 4) is 5.75 Å². The Kier molecular flexibility index (Phi) is 16.6. The molecule has 332 valence electrons. The lowest BCUT2D eigenvalue weighted by molar-refractivity contribution is -0.461. The lowest BCUT2D eigenvalue weighted by Crippen LogP contribution is -2.74. The average Bonchev–Trinajstić information content (AvgIpc) is 3.09. The molecule has 0 bridgehead atoms. The highest BCUT2D eigenvalue weighted by atomic mass is 28.4. The summed E-state index contributed by atoms with van der Waals surface area (Å²) in [6.07, 6.45) is -8.96. The van der Waals surface area contributed by atoms with Crippen LogP contribution in [0.25, 0.3) is 0 Å². The number of carbonyl (C=O) groups is 1. The zero-order valence-electron chi connectivity index (χ0n) is 31.0. The highest BCUT2D eigenvalue weighted by Crippen LogP contribution is 2.64. The van der Waals surface area contributed by atoms with E-state index in [2.05, 4.69) is 0 Å². The van der Waals surface area contributed by atoms with E-state index in [1.54, 1.807) is 13.0 Å². The normalized spacial score (nSPS) is 15.9. The molecule has 6 nitrogen and oxygen atoms in total. The van der Waals surface area contributed by atoms with E-state index in [4.69, 9.17) is 14.4 Å². The molecule has 2 atom stereocenters. The maximum atomic E-state index is 14.9. The summed E-state index contributed by atoms with van der Waals surface area (Å²) in [5.41, 5.74) is 0.470. The van der Waals surface area contributed by atoms with E-state index in [9.17, 15) is 84.5 Å². The smallest absolute Gasteiger partial charge is 0.460 e. The molecule has 0 aromatic heterocycles. The van der Waals surface area contributed by atoms with Crippen molar-refractivity contribution < 1.29 is 98.9 Å². The van der Waals surface area contributed by atoms with Crippen LogP contribution >= 0.6 is 0 Å². The first kappa shape index (κ1) is 52.2. The predicted molar refractivity (Wildman–Crippen MR) is 171 cm³/mol. The second-order valence-corrected chi connectivity index (χ2v) is 19.0. The summed E-state index contributed by atoms with van der Waals surface area (Å²) >= 11 is 0. The van der Waals surface area contributed by atoms with Crippen LogP contribution in [0.1, 0.15) is 72.5 Å². The molecular weight excluding hydrogens is 841 g/mol. The maximum absolute atomic E-state index is 14.9. The first-order valence-corrected chi connectivity index (χ1v) is 19.1. The highest BCUT2D eigenvalue weighted by molar-refractivity contribution is 6.76. The van der Waals surface area contributed by atoms with Gasteiger partial charge in [0.05, 0.1) is 12.7 Å². The number of amides is 1. The van der Waals surface area contributed by atoms with E-state index >= 15 is 0 Å². The minimum absolute atomic E-state index is 0.168. The first-order valence-electron chi connectivity index (χ1n) is 16.9. The van der Waals surface area contributed by atoms with Crippen molar-refractivity contribution in [3.05, 3.63) is 41.5 Å². The molecule has 0 unspecified atom stereocenters. The molecule has 0 aliphatic carbocycles. The van der Waals surface area contributed by atoms with Gasteiger partial charge in [-0.15, -0.1) is 0 Å². The van der Waals surface area contributed by atoms with Gasteiger partial charge in [-0.1, -0.05) is 52.8 Å². The molecule has 0 aliphatic heterocycles. The summed E-state index contributed by atoms with van der Waals surface area (Å²) in [4.78, 5) is 11.4. The number of aliphatic hydroxyl groups excluding tert-OH is 1. The van der Waals surface area contributed by atoms with Crippen molar-refractivity contribution in [1.82, 2.24) is 5.48 Å². The van der Waals surface area contributed by atoms with Crippen LogP contribution in [-0.4, -0.2) is 85.4 Å². The second kappa shape index (κ2) is 18.2. The van der Waals surface area contributed by atoms with Crippen molar-refractivity contribution in [1.29, 1.82) is 0 Å². The van der Waals surface area contributed by atoms with E-state index in [1.807, 2.05) is 0 Å². The van der Waals surface area contributed by atoms with Gasteiger partial charge in [0.15, 0.2) is 8.32 Å². The molecule has 0 spiro atoms. The van der Waals surface area contributed by atoms with Crippen LogP contribution in [0.2, 0.25) is 17.1 Å². The maximum Gasteiger partial charge on any atom is 0.460 e. The molecule has 0 saturated carbocycles. The number of alkyl halides is 17. The molecule has 0 saturated heterocycles. The van der Waals surface area contributed by atoms with Gasteiger partial charge < -0.3 is 14.3 Å². The Morgan fingerprint density at radius 3 is 1.58 bits per heavy atom. The second-order valence-electron chi connectivity index (χ2n) is 14.0. The Labute approximate surface area is 316 Å². The Balaban J connectivity index is 3.16. The molecule has 3 N–H and O–H groups in total. The third-order valence-corrected chi connectivity index (χ3v) is 15.3. The predicted octanol–water partition coefficient (Wildman–Crippen LogP) is 11.1. The van der Waals surface area contributed by atoms with Gasteiger partial charge in [-0.05, 0) is 60.5 Å². The van der Waals surface area contributed by atoms with Gasteiger partial charge in [0, 0.05) is 12.0 Å². The number of rotatable bonds is 22. The fourth-order valence-corrected chi connectivity index (χ4v) is 10.2. The standard InChI is InChI=1S/C33H42F17NO5Si/c1-18(2)57(19(3)4,56-16-15-55-23-12-10-22(11-13-23)24(52)20(5)8-7-9-21(6)25(53)51-54)17-14-26(34,35)27(36,37)28(38,39)29(40,41)30(42,43)31(44,45)32(46,47)33(48,49)50/h9-13,18-20,24,52,54H,7-8,14-17H2,1-6H3,(H,51,53)/b21-9+/t20-,24-/m1/s1. The third-order valence-electron chi connectivity index (χ3n) is 9.59. The van der Waals surface area contributed by atoms with Crippen LogP contribution in [0, 0.1) is 5.92 Å². The quantitative estimate of drug-likeness (QED) is 0.0270. The molecule has 0 aliphatic rings. The van der Waals surface area contributed by atoms with Crippen molar-refractivity contribution >= 4 is 14.2 Å². The summed E-state index contributed by atoms with van der Waals surface area (Å²) in [6, 6.07) is 4.50. The average molecular weight is 884 g/mol. The molecule has 1 amide bonds. The van der Waals surface area contributed by atoms with Gasteiger partial charge >= 0.3 is 47.6 Å². The number of ether oxygens (including phenoxy) is 1. The first-order chi connectivity index (χ1) is 25.5. The highest BCUT2D eigenvalue weighted by Gasteiger charge is 2.95. The molecular formula is C33H42F17NO5Si. The summed E-state index contributed by atoms with van der Waals surface area (Å²) < 4.78 is 245. The molecule has 24 heteroatoms. The van der Waals surface area contributed by atoms with E-state index in [1.165, 1.54) is 64.4 Å². The van der Waals surface area contributed by atoms with Crippen LogP contribution < -0.4 is 10.2 Å². The summed E-state index contributed by atoms with van der Waals surface area (Å²) in [7, 11) is -3.95. The number of halogens is 17. The number of nitrogens with one attached hydrogen (secondary N) is 1. The lowest BCUT2D eigenvalue weighted by Gasteiger charge is -2.44. The van der Waals surface area contributed by atoms with Crippen molar-refractivity contribution in [2.45, 2.75) is 132 Å². The largest absolute Gasteiger partial charge is 0.491 e. The van der Waals surface area contributed by atoms with Gasteiger partial charge in [-0.25, -0.2) is 5.48 Å². The SMILES string of the molecule is C/C(=C\CC[C@@H](C)[C@@H](O)c1ccc(OCCO[Si](CCC(F)(F)C(F)(F)C(F)(F)C(F)(F)C(F)(F)C(F)(F)C(F)(F)C(F)(F)F)(C(C)C)C(C)C)cc1)C(=O)NO. The Bertz CT molecular complexity index is 1490. The summed E-state index contributed by atoms with van der Waals surface area (Å²) in [5.74, 6) is -57.5. The topological polar surface area (TPSA) is 88.0 Å². The van der Waals surface area contributed by atoms with Crippen LogP contribution in [0.3, 0.4) is 0 Å². The van der Waals surface area contributed by atoms with E-state index in [0.717, 1.165) is 0 Å². The van der Waals surface area contributed by atoms with E-state index in [-0.39, 0.29) is 23.8 Å². The molecule has 0 fully saturated rings. The zero-order chi connectivity index (χ0) is 45.0. The van der Waals surface area contributed by atoms with Gasteiger partial charge in [-0.3, -0.25) is 10.0 Å². The number of hydrogen-bond donors (Lipinski definition) is 3. The fraction of sp³-hybridized carbons (Fsp3) is 0.727. The van der Waals surface area contributed by atoms with Crippen molar-refractivity contribution in [3.63, 3.8) is 0 Å². The Morgan fingerprint density at radius 1 is 0.719 bits per heavy atom. The number of hydrogen-bond acceptors (Lipinski definition) is 5.